The highest BCUT2D eigenvalue weighted by atomic mass is 16.5. The number of carbonyl (C=O) groups is 1. The zero-order chi connectivity index (χ0) is 21.0. The number of fused-ring (bicyclic) bond motifs is 4. The number of ether oxygens (including phenoxy) is 1. The Hall–Kier alpha value is -3.27. The monoisotopic (exact) mass is 399 g/mol. The van der Waals surface area contributed by atoms with Crippen LogP contribution in [0.15, 0.2) is 60.2 Å². The lowest BCUT2D eigenvalue weighted by molar-refractivity contribution is -0.118. The Morgan fingerprint density at radius 1 is 1.07 bits per heavy atom. The highest BCUT2D eigenvalue weighted by Gasteiger charge is 2.40. The molecular formula is C26H25NO3. The van der Waals surface area contributed by atoms with Gasteiger partial charge in [-0.2, -0.15) is 0 Å². The second-order valence-electron chi connectivity index (χ2n) is 9.05. The SMILES string of the molecule is COc1cc([C@@H]2Nc3c(ccc4ccccc34)C3=C2C(=O)CC(C)(C)C3)ccc1O. The molecule has 0 saturated heterocycles. The molecule has 0 saturated carbocycles. The summed E-state index contributed by atoms with van der Waals surface area (Å²) in [5.41, 5.74) is 4.98. The van der Waals surface area contributed by atoms with Gasteiger partial charge >= 0.3 is 0 Å². The number of carbonyl (C=O) groups excluding carboxylic acids is 1. The Balaban J connectivity index is 1.78. The summed E-state index contributed by atoms with van der Waals surface area (Å²) in [6.45, 7) is 4.33. The Bertz CT molecular complexity index is 1220. The summed E-state index contributed by atoms with van der Waals surface area (Å²) in [5.74, 6) is 0.682. The summed E-state index contributed by atoms with van der Waals surface area (Å²) in [5, 5.41) is 16.0. The van der Waals surface area contributed by atoms with Gasteiger partial charge in [0.1, 0.15) is 0 Å². The minimum Gasteiger partial charge on any atom is -0.504 e. The van der Waals surface area contributed by atoms with Crippen molar-refractivity contribution in [2.75, 3.05) is 12.4 Å². The molecule has 4 heteroatoms. The first-order chi connectivity index (χ1) is 14.4. The molecule has 1 atom stereocenters. The molecule has 2 aliphatic rings. The second kappa shape index (κ2) is 6.63. The van der Waals surface area contributed by atoms with Gasteiger partial charge in [-0.3, -0.25) is 4.79 Å². The number of rotatable bonds is 2. The molecule has 0 fully saturated rings. The number of hydrogen-bond donors (Lipinski definition) is 2. The van der Waals surface area contributed by atoms with Crippen LogP contribution in [0, 0.1) is 5.41 Å². The molecule has 1 aliphatic heterocycles. The fraction of sp³-hybridized carbons (Fsp3) is 0.269. The van der Waals surface area contributed by atoms with Crippen molar-refractivity contribution in [3.63, 3.8) is 0 Å². The Morgan fingerprint density at radius 3 is 2.67 bits per heavy atom. The van der Waals surface area contributed by atoms with Gasteiger partial charge in [-0.15, -0.1) is 0 Å². The third kappa shape index (κ3) is 2.86. The first kappa shape index (κ1) is 18.7. The number of nitrogens with one attached hydrogen (secondary N) is 1. The fourth-order valence-corrected chi connectivity index (χ4v) is 4.93. The van der Waals surface area contributed by atoms with Crippen molar-refractivity contribution in [2.24, 2.45) is 5.41 Å². The normalized spacial score (nSPS) is 19.8. The molecule has 152 valence electrons. The number of Topliss-reactive ketones (excluding diaryl/α,β-unsaturated/α-hetero) is 1. The van der Waals surface area contributed by atoms with E-state index < -0.39 is 0 Å². The molecule has 30 heavy (non-hydrogen) atoms. The van der Waals surface area contributed by atoms with Gasteiger partial charge in [0, 0.05) is 22.9 Å². The lowest BCUT2D eigenvalue weighted by Crippen LogP contribution is -2.33. The summed E-state index contributed by atoms with van der Waals surface area (Å²) in [7, 11) is 1.54. The van der Waals surface area contributed by atoms with Gasteiger partial charge in [-0.1, -0.05) is 56.3 Å². The molecule has 0 unspecified atom stereocenters. The molecular weight excluding hydrogens is 374 g/mol. The van der Waals surface area contributed by atoms with Gasteiger partial charge in [0.25, 0.3) is 0 Å². The summed E-state index contributed by atoms with van der Waals surface area (Å²) in [6, 6.07) is 17.6. The van der Waals surface area contributed by atoms with Crippen LogP contribution >= 0.6 is 0 Å². The molecule has 1 aliphatic carbocycles. The average molecular weight is 399 g/mol. The largest absolute Gasteiger partial charge is 0.504 e. The summed E-state index contributed by atoms with van der Waals surface area (Å²) < 4.78 is 5.33. The van der Waals surface area contributed by atoms with Crippen molar-refractivity contribution in [2.45, 2.75) is 32.7 Å². The molecule has 1 heterocycles. The lowest BCUT2D eigenvalue weighted by Gasteiger charge is -2.40. The average Bonchev–Trinajstić information content (AvgIpc) is 2.72. The number of hydrogen-bond acceptors (Lipinski definition) is 4. The number of phenols is 1. The first-order valence-corrected chi connectivity index (χ1v) is 10.3. The third-order valence-electron chi connectivity index (χ3n) is 6.29. The van der Waals surface area contributed by atoms with Crippen LogP contribution in [0.25, 0.3) is 16.3 Å². The molecule has 2 N–H and O–H groups in total. The predicted molar refractivity (Wildman–Crippen MR) is 120 cm³/mol. The van der Waals surface area contributed by atoms with Crippen LogP contribution in [-0.2, 0) is 4.79 Å². The summed E-state index contributed by atoms with van der Waals surface area (Å²) in [4.78, 5) is 13.3. The maximum Gasteiger partial charge on any atom is 0.162 e. The first-order valence-electron chi connectivity index (χ1n) is 10.3. The van der Waals surface area contributed by atoms with E-state index in [-0.39, 0.29) is 23.0 Å². The van der Waals surface area contributed by atoms with Crippen molar-refractivity contribution in [3.05, 3.63) is 71.3 Å². The molecule has 0 amide bonds. The molecule has 3 aromatic rings. The predicted octanol–water partition coefficient (Wildman–Crippen LogP) is 5.86. The standard InChI is InChI=1S/C26H25NO3/c1-26(2)13-19-18-10-8-15-6-4-5-7-17(15)25(18)27-24(23(19)21(29)14-26)16-9-11-20(28)22(12-16)30-3/h4-12,24,27-28H,13-14H2,1-3H3/t24-/m0/s1. The van der Waals surface area contributed by atoms with Gasteiger partial charge in [-0.05, 0) is 40.5 Å². The molecule has 5 rings (SSSR count). The number of allylic oxidation sites excluding steroid dienone is 1. The zero-order valence-electron chi connectivity index (χ0n) is 17.5. The van der Waals surface area contributed by atoms with Crippen LogP contribution in [0.5, 0.6) is 11.5 Å². The van der Waals surface area contributed by atoms with E-state index in [1.165, 1.54) is 7.11 Å². The topological polar surface area (TPSA) is 58.6 Å². The second-order valence-corrected chi connectivity index (χ2v) is 9.05. The number of methoxy groups -OCH3 is 1. The Kier molecular flexibility index (Phi) is 4.14. The van der Waals surface area contributed by atoms with E-state index in [9.17, 15) is 9.90 Å². The summed E-state index contributed by atoms with van der Waals surface area (Å²) >= 11 is 0. The Labute approximate surface area is 176 Å². The molecule has 0 aromatic heterocycles. The van der Waals surface area contributed by atoms with Gasteiger partial charge in [-0.25, -0.2) is 0 Å². The third-order valence-corrected chi connectivity index (χ3v) is 6.29. The smallest absolute Gasteiger partial charge is 0.162 e. The highest BCUT2D eigenvalue weighted by Crippen LogP contribution is 2.52. The van der Waals surface area contributed by atoms with Crippen molar-refractivity contribution in [1.29, 1.82) is 0 Å². The van der Waals surface area contributed by atoms with E-state index in [1.807, 2.05) is 24.3 Å². The molecule has 3 aromatic carbocycles. The number of ketones is 1. The number of aromatic hydroxyl groups is 1. The van der Waals surface area contributed by atoms with Crippen LogP contribution in [0.1, 0.15) is 43.9 Å². The fourth-order valence-electron chi connectivity index (χ4n) is 4.93. The lowest BCUT2D eigenvalue weighted by atomic mass is 9.68. The van der Waals surface area contributed by atoms with Crippen molar-refractivity contribution < 1.29 is 14.6 Å². The van der Waals surface area contributed by atoms with E-state index in [4.69, 9.17) is 4.74 Å². The van der Waals surface area contributed by atoms with Gasteiger partial charge in [0.2, 0.25) is 0 Å². The Morgan fingerprint density at radius 2 is 1.87 bits per heavy atom. The van der Waals surface area contributed by atoms with E-state index in [1.54, 1.807) is 6.07 Å². The maximum atomic E-state index is 13.3. The zero-order valence-corrected chi connectivity index (χ0v) is 17.5. The minimum atomic E-state index is -0.281. The van der Waals surface area contributed by atoms with E-state index in [0.29, 0.717) is 12.2 Å². The van der Waals surface area contributed by atoms with Gasteiger partial charge in [0.05, 0.1) is 18.8 Å². The number of benzene rings is 3. The molecule has 0 bridgehead atoms. The van der Waals surface area contributed by atoms with Gasteiger partial charge < -0.3 is 15.2 Å². The van der Waals surface area contributed by atoms with Crippen LogP contribution in [0.3, 0.4) is 0 Å². The quantitative estimate of drug-likeness (QED) is 0.566. The molecule has 4 nitrogen and oxygen atoms in total. The van der Waals surface area contributed by atoms with Crippen LogP contribution < -0.4 is 10.1 Å². The van der Waals surface area contributed by atoms with E-state index >= 15 is 0 Å². The molecule has 0 spiro atoms. The highest BCUT2D eigenvalue weighted by molar-refractivity contribution is 6.12. The van der Waals surface area contributed by atoms with Crippen molar-refractivity contribution in [3.8, 4) is 11.5 Å². The minimum absolute atomic E-state index is 0.0760. The number of phenolic OH excluding ortho intramolecular Hbond substituents is 1. The van der Waals surface area contributed by atoms with Crippen molar-refractivity contribution in [1.82, 2.24) is 0 Å². The van der Waals surface area contributed by atoms with Gasteiger partial charge in [0.15, 0.2) is 17.3 Å². The maximum absolute atomic E-state index is 13.3. The van der Waals surface area contributed by atoms with E-state index in [2.05, 4.69) is 43.4 Å². The van der Waals surface area contributed by atoms with E-state index in [0.717, 1.165) is 45.2 Å². The summed E-state index contributed by atoms with van der Waals surface area (Å²) in [6.07, 6.45) is 1.38. The van der Waals surface area contributed by atoms with Crippen molar-refractivity contribution >= 4 is 27.8 Å². The molecule has 0 radical (unpaired) electrons. The van der Waals surface area contributed by atoms with Crippen LogP contribution in [0.4, 0.5) is 5.69 Å². The van der Waals surface area contributed by atoms with Crippen LogP contribution in [-0.4, -0.2) is 18.0 Å². The number of anilines is 1. The van der Waals surface area contributed by atoms with Crippen LogP contribution in [0.2, 0.25) is 0 Å².